The highest BCUT2D eigenvalue weighted by Crippen LogP contribution is 2.32. The van der Waals surface area contributed by atoms with Crippen molar-refractivity contribution in [3.05, 3.63) is 36.4 Å². The molecule has 0 radical (unpaired) electrons. The number of thiophene rings is 1. The van der Waals surface area contributed by atoms with Crippen LogP contribution in [0.5, 0.6) is 0 Å². The van der Waals surface area contributed by atoms with Crippen LogP contribution >= 0.6 is 45.9 Å². The van der Waals surface area contributed by atoms with Crippen molar-refractivity contribution >= 4 is 51.8 Å². The number of nitrogens with zero attached hydrogens (tertiary/aromatic N) is 3. The van der Waals surface area contributed by atoms with E-state index < -0.39 is 0 Å². The third kappa shape index (κ3) is 4.25. The largest absolute Gasteiger partial charge is 0.337 e. The van der Waals surface area contributed by atoms with Crippen molar-refractivity contribution in [1.29, 1.82) is 0 Å². The SMILES string of the molecule is Cc1nc(CN2CCCN(C(=O)c3cc(Cl)sc3Cl)CC2)cs1. The van der Waals surface area contributed by atoms with Gasteiger partial charge in [-0.2, -0.15) is 0 Å². The van der Waals surface area contributed by atoms with Crippen molar-refractivity contribution in [2.24, 2.45) is 0 Å². The van der Waals surface area contributed by atoms with Gasteiger partial charge in [-0.05, 0) is 19.4 Å². The number of rotatable bonds is 3. The highest BCUT2D eigenvalue weighted by Gasteiger charge is 2.23. The topological polar surface area (TPSA) is 36.4 Å². The van der Waals surface area contributed by atoms with Crippen LogP contribution in [0.15, 0.2) is 11.4 Å². The van der Waals surface area contributed by atoms with Crippen molar-refractivity contribution in [3.8, 4) is 0 Å². The van der Waals surface area contributed by atoms with E-state index in [4.69, 9.17) is 23.2 Å². The lowest BCUT2D eigenvalue weighted by atomic mass is 10.3. The van der Waals surface area contributed by atoms with Crippen LogP contribution in [0.4, 0.5) is 0 Å². The van der Waals surface area contributed by atoms with Crippen LogP contribution in [0.3, 0.4) is 0 Å². The summed E-state index contributed by atoms with van der Waals surface area (Å²) in [5, 5.41) is 3.20. The van der Waals surface area contributed by atoms with E-state index in [2.05, 4.69) is 15.3 Å². The molecule has 0 N–H and O–H groups in total. The van der Waals surface area contributed by atoms with Crippen molar-refractivity contribution in [1.82, 2.24) is 14.8 Å². The van der Waals surface area contributed by atoms with Crippen LogP contribution in [0.1, 0.15) is 27.5 Å². The first kappa shape index (κ1) is 17.2. The van der Waals surface area contributed by atoms with E-state index in [-0.39, 0.29) is 5.91 Å². The summed E-state index contributed by atoms with van der Waals surface area (Å²) in [6.45, 7) is 6.13. The first-order valence-corrected chi connectivity index (χ1v) is 9.85. The molecule has 0 spiro atoms. The maximum Gasteiger partial charge on any atom is 0.256 e. The highest BCUT2D eigenvalue weighted by atomic mass is 35.5. The van der Waals surface area contributed by atoms with Gasteiger partial charge in [0.15, 0.2) is 0 Å². The first-order valence-electron chi connectivity index (χ1n) is 7.40. The average Bonchev–Trinajstić information content (AvgIpc) is 2.96. The number of halogens is 2. The molecule has 4 nitrogen and oxygen atoms in total. The fraction of sp³-hybridized carbons (Fsp3) is 0.467. The van der Waals surface area contributed by atoms with Gasteiger partial charge in [-0.3, -0.25) is 9.69 Å². The third-order valence-electron chi connectivity index (χ3n) is 3.81. The highest BCUT2D eigenvalue weighted by molar-refractivity contribution is 7.20. The van der Waals surface area contributed by atoms with E-state index in [0.717, 1.165) is 43.3 Å². The van der Waals surface area contributed by atoms with E-state index in [1.54, 1.807) is 17.4 Å². The number of hydrogen-bond donors (Lipinski definition) is 0. The lowest BCUT2D eigenvalue weighted by molar-refractivity contribution is 0.0762. The van der Waals surface area contributed by atoms with Gasteiger partial charge >= 0.3 is 0 Å². The van der Waals surface area contributed by atoms with E-state index in [0.29, 0.717) is 20.8 Å². The van der Waals surface area contributed by atoms with Crippen LogP contribution in [0.2, 0.25) is 8.67 Å². The van der Waals surface area contributed by atoms with E-state index in [9.17, 15) is 4.79 Å². The standard InChI is InChI=1S/C15H17Cl2N3OS2/c1-10-18-11(9-22-10)8-19-3-2-4-20(6-5-19)15(21)12-7-13(16)23-14(12)17/h7,9H,2-6,8H2,1H3. The minimum absolute atomic E-state index is 0.0236. The Labute approximate surface area is 153 Å². The molecular formula is C15H17Cl2N3OS2. The van der Waals surface area contributed by atoms with Crippen LogP contribution < -0.4 is 0 Å². The summed E-state index contributed by atoms with van der Waals surface area (Å²) in [7, 11) is 0. The first-order chi connectivity index (χ1) is 11.0. The molecule has 2 aromatic rings. The molecule has 0 aromatic carbocycles. The molecule has 3 heterocycles. The normalized spacial score (nSPS) is 16.6. The van der Waals surface area contributed by atoms with Crippen molar-refractivity contribution in [2.45, 2.75) is 19.9 Å². The summed E-state index contributed by atoms with van der Waals surface area (Å²) < 4.78 is 1.02. The molecule has 0 atom stereocenters. The van der Waals surface area contributed by atoms with Gasteiger partial charge in [-0.25, -0.2) is 4.98 Å². The lowest BCUT2D eigenvalue weighted by Gasteiger charge is -2.21. The van der Waals surface area contributed by atoms with Crippen LogP contribution in [0, 0.1) is 6.92 Å². The lowest BCUT2D eigenvalue weighted by Crippen LogP contribution is -2.35. The van der Waals surface area contributed by atoms with Crippen LogP contribution in [-0.4, -0.2) is 46.9 Å². The summed E-state index contributed by atoms with van der Waals surface area (Å²) >= 11 is 15.0. The van der Waals surface area contributed by atoms with Gasteiger partial charge in [0.25, 0.3) is 5.91 Å². The predicted octanol–water partition coefficient (Wildman–Crippen LogP) is 4.17. The van der Waals surface area contributed by atoms with Gasteiger partial charge in [0.1, 0.15) is 4.34 Å². The number of carbonyl (C=O) groups is 1. The average molecular weight is 390 g/mol. The maximum atomic E-state index is 12.6. The summed E-state index contributed by atoms with van der Waals surface area (Å²) in [4.78, 5) is 21.4. The molecule has 8 heteroatoms. The summed E-state index contributed by atoms with van der Waals surface area (Å²) in [5.41, 5.74) is 1.63. The van der Waals surface area contributed by atoms with Gasteiger partial charge in [-0.15, -0.1) is 22.7 Å². The monoisotopic (exact) mass is 389 g/mol. The minimum atomic E-state index is -0.0236. The molecule has 23 heavy (non-hydrogen) atoms. The molecule has 1 aliphatic heterocycles. The molecule has 0 saturated carbocycles. The number of amides is 1. The van der Waals surface area contributed by atoms with E-state index >= 15 is 0 Å². The zero-order chi connectivity index (χ0) is 16.4. The zero-order valence-corrected chi connectivity index (χ0v) is 15.9. The second-order valence-electron chi connectivity index (χ2n) is 5.52. The molecule has 124 valence electrons. The Kier molecular flexibility index (Phi) is 5.59. The van der Waals surface area contributed by atoms with Gasteiger partial charge in [0.2, 0.25) is 0 Å². The fourth-order valence-electron chi connectivity index (χ4n) is 2.70. The maximum absolute atomic E-state index is 12.6. The van der Waals surface area contributed by atoms with E-state index in [1.165, 1.54) is 11.3 Å². The number of aryl methyl sites for hydroxylation is 1. The summed E-state index contributed by atoms with van der Waals surface area (Å²) in [5.74, 6) is -0.0236. The summed E-state index contributed by atoms with van der Waals surface area (Å²) in [6, 6.07) is 1.66. The van der Waals surface area contributed by atoms with Crippen LogP contribution in [0.25, 0.3) is 0 Å². The van der Waals surface area contributed by atoms with Crippen molar-refractivity contribution in [2.75, 3.05) is 26.2 Å². The molecule has 0 bridgehead atoms. The Hall–Kier alpha value is -0.660. The Balaban J connectivity index is 1.62. The van der Waals surface area contributed by atoms with E-state index in [1.807, 2.05) is 11.8 Å². The quantitative estimate of drug-likeness (QED) is 0.790. The molecule has 1 amide bonds. The fourth-order valence-corrected chi connectivity index (χ4v) is 4.75. The van der Waals surface area contributed by atoms with Gasteiger partial charge in [0, 0.05) is 38.1 Å². The van der Waals surface area contributed by atoms with Crippen LogP contribution in [-0.2, 0) is 6.54 Å². The number of aromatic nitrogens is 1. The molecular weight excluding hydrogens is 373 g/mol. The Bertz CT molecular complexity index is 701. The molecule has 1 saturated heterocycles. The van der Waals surface area contributed by atoms with Crippen molar-refractivity contribution < 1.29 is 4.79 Å². The smallest absolute Gasteiger partial charge is 0.256 e. The molecule has 1 aliphatic rings. The number of carbonyl (C=O) groups excluding carboxylic acids is 1. The van der Waals surface area contributed by atoms with Crippen molar-refractivity contribution in [3.63, 3.8) is 0 Å². The third-order valence-corrected chi connectivity index (χ3v) is 6.12. The second kappa shape index (κ2) is 7.49. The Morgan fingerprint density at radius 1 is 1.30 bits per heavy atom. The molecule has 3 rings (SSSR count). The molecule has 2 aromatic heterocycles. The number of thiazole rings is 1. The molecule has 0 aliphatic carbocycles. The summed E-state index contributed by atoms with van der Waals surface area (Å²) in [6.07, 6.45) is 0.949. The minimum Gasteiger partial charge on any atom is -0.337 e. The van der Waals surface area contributed by atoms with Gasteiger partial charge < -0.3 is 4.90 Å². The predicted molar refractivity (Wildman–Crippen MR) is 97.0 cm³/mol. The zero-order valence-electron chi connectivity index (χ0n) is 12.7. The van der Waals surface area contributed by atoms with Gasteiger partial charge in [0.05, 0.1) is 20.6 Å². The Morgan fingerprint density at radius 2 is 2.13 bits per heavy atom. The second-order valence-corrected chi connectivity index (χ2v) is 8.87. The Morgan fingerprint density at radius 3 is 2.78 bits per heavy atom. The van der Waals surface area contributed by atoms with Gasteiger partial charge in [-0.1, -0.05) is 23.2 Å². The molecule has 1 fully saturated rings. The molecule has 0 unspecified atom stereocenters. The number of hydrogen-bond acceptors (Lipinski definition) is 5.